The molecule has 0 bridgehead atoms. The van der Waals surface area contributed by atoms with E-state index in [0.29, 0.717) is 22.6 Å². The molecule has 0 spiro atoms. The van der Waals surface area contributed by atoms with E-state index in [4.69, 9.17) is 10.8 Å². The molecule has 1 aliphatic rings. The van der Waals surface area contributed by atoms with Crippen molar-refractivity contribution in [2.45, 2.75) is 25.3 Å². The first kappa shape index (κ1) is 13.1. The highest BCUT2D eigenvalue weighted by Crippen LogP contribution is 2.30. The Balaban J connectivity index is 2.05. The number of nitrogen functional groups attached to an aromatic ring is 1. The third-order valence-corrected chi connectivity index (χ3v) is 4.05. The minimum absolute atomic E-state index is 0.0614. The summed E-state index contributed by atoms with van der Waals surface area (Å²) in [6.07, 6.45) is 3.53. The Labute approximate surface area is 110 Å². The molecule has 6 nitrogen and oxygen atoms in total. The molecule has 0 aromatic carbocycles. The summed E-state index contributed by atoms with van der Waals surface area (Å²) in [7, 11) is 1.64. The molecule has 1 aliphatic carbocycles. The molecule has 100 valence electrons. The van der Waals surface area contributed by atoms with Crippen molar-refractivity contribution in [3.63, 3.8) is 0 Å². The number of aromatic nitrogens is 1. The zero-order valence-corrected chi connectivity index (χ0v) is 11.2. The summed E-state index contributed by atoms with van der Waals surface area (Å²) in [6.45, 7) is 0.232. The zero-order valence-electron chi connectivity index (χ0n) is 10.3. The van der Waals surface area contributed by atoms with Crippen molar-refractivity contribution in [1.29, 1.82) is 0 Å². The fourth-order valence-corrected chi connectivity index (χ4v) is 2.66. The molecule has 0 unspecified atom stereocenters. The summed E-state index contributed by atoms with van der Waals surface area (Å²) in [6, 6.07) is 0.466. The lowest BCUT2D eigenvalue weighted by molar-refractivity contribution is 0.0772. The maximum Gasteiger partial charge on any atom is 0.267 e. The zero-order chi connectivity index (χ0) is 13.1. The summed E-state index contributed by atoms with van der Waals surface area (Å²) in [5, 5.41) is 12.8. The Bertz CT molecular complexity index is 431. The predicted octanol–water partition coefficient (Wildman–Crippen LogP) is 0.754. The van der Waals surface area contributed by atoms with Gasteiger partial charge in [0.05, 0.1) is 6.61 Å². The number of nitrogens with one attached hydrogen (secondary N) is 1. The summed E-state index contributed by atoms with van der Waals surface area (Å²) in [5.41, 5.74) is 5.76. The maximum absolute atomic E-state index is 12.0. The molecular weight excluding hydrogens is 252 g/mol. The summed E-state index contributed by atoms with van der Waals surface area (Å²) in [4.78, 5) is 18.1. The second-order valence-corrected chi connectivity index (χ2v) is 5.45. The van der Waals surface area contributed by atoms with Crippen molar-refractivity contribution in [2.75, 3.05) is 31.2 Å². The Morgan fingerprint density at radius 2 is 2.39 bits per heavy atom. The van der Waals surface area contributed by atoms with Crippen molar-refractivity contribution in [3.8, 4) is 0 Å². The molecule has 0 radical (unpaired) electrons. The smallest absolute Gasteiger partial charge is 0.267 e. The van der Waals surface area contributed by atoms with Gasteiger partial charge in [-0.1, -0.05) is 11.3 Å². The van der Waals surface area contributed by atoms with E-state index in [1.54, 1.807) is 7.05 Å². The van der Waals surface area contributed by atoms with E-state index in [0.717, 1.165) is 12.8 Å². The molecule has 1 saturated carbocycles. The van der Waals surface area contributed by atoms with E-state index in [1.165, 1.54) is 22.7 Å². The van der Waals surface area contributed by atoms with Gasteiger partial charge in [-0.25, -0.2) is 4.98 Å². The Morgan fingerprint density at radius 1 is 1.67 bits per heavy atom. The molecule has 18 heavy (non-hydrogen) atoms. The van der Waals surface area contributed by atoms with E-state index < -0.39 is 0 Å². The van der Waals surface area contributed by atoms with Crippen molar-refractivity contribution in [1.82, 2.24) is 9.88 Å². The van der Waals surface area contributed by atoms with Crippen LogP contribution in [0, 0.1) is 0 Å². The number of nitrogens with zero attached hydrogens (tertiary/aromatic N) is 2. The number of carbonyl (C=O) groups is 1. The lowest BCUT2D eigenvalue weighted by atomic mass is 9.93. The number of anilines is 2. The van der Waals surface area contributed by atoms with Gasteiger partial charge in [-0.2, -0.15) is 0 Å². The van der Waals surface area contributed by atoms with Gasteiger partial charge in [-0.3, -0.25) is 4.79 Å². The van der Waals surface area contributed by atoms with Gasteiger partial charge in [-0.05, 0) is 19.3 Å². The van der Waals surface area contributed by atoms with Gasteiger partial charge in [0, 0.05) is 19.6 Å². The van der Waals surface area contributed by atoms with Crippen LogP contribution < -0.4 is 11.1 Å². The molecule has 1 aromatic heterocycles. The van der Waals surface area contributed by atoms with Gasteiger partial charge >= 0.3 is 0 Å². The minimum Gasteiger partial charge on any atom is -0.395 e. The van der Waals surface area contributed by atoms with Gasteiger partial charge in [0.1, 0.15) is 10.7 Å². The predicted molar refractivity (Wildman–Crippen MR) is 71.8 cm³/mol. The van der Waals surface area contributed by atoms with Gasteiger partial charge in [0.15, 0.2) is 5.13 Å². The third kappa shape index (κ3) is 2.73. The van der Waals surface area contributed by atoms with Crippen LogP contribution in [0.3, 0.4) is 0 Å². The van der Waals surface area contributed by atoms with Gasteiger partial charge in [0.25, 0.3) is 5.91 Å². The number of aliphatic hydroxyl groups excluding tert-OH is 1. The number of aliphatic hydroxyl groups is 1. The summed E-state index contributed by atoms with van der Waals surface area (Å²) < 4.78 is 0. The number of hydrogen-bond donors (Lipinski definition) is 3. The average molecular weight is 270 g/mol. The van der Waals surface area contributed by atoms with Gasteiger partial charge in [0.2, 0.25) is 0 Å². The van der Waals surface area contributed by atoms with E-state index in [-0.39, 0.29) is 18.3 Å². The van der Waals surface area contributed by atoms with Crippen LogP contribution in [0.5, 0.6) is 0 Å². The third-order valence-electron chi connectivity index (χ3n) is 3.06. The summed E-state index contributed by atoms with van der Waals surface area (Å²) >= 11 is 1.28. The average Bonchev–Trinajstić information content (AvgIpc) is 2.64. The second-order valence-electron chi connectivity index (χ2n) is 4.46. The van der Waals surface area contributed by atoms with Crippen LogP contribution in [0.1, 0.15) is 28.9 Å². The minimum atomic E-state index is -0.194. The van der Waals surface area contributed by atoms with E-state index in [2.05, 4.69) is 10.3 Å². The standard InChI is InChI=1S/C11H18N4O2S/c1-15(5-6-16)10(17)8-9(12)14-11(18-8)13-7-3-2-4-7/h7,16H,2-6,12H2,1H3,(H,13,14). The van der Waals surface area contributed by atoms with Crippen LogP contribution in [0.15, 0.2) is 0 Å². The Hall–Kier alpha value is -1.34. The fraction of sp³-hybridized carbons (Fsp3) is 0.636. The number of amides is 1. The van der Waals surface area contributed by atoms with Crippen LogP contribution >= 0.6 is 11.3 Å². The molecule has 4 N–H and O–H groups in total. The number of carbonyl (C=O) groups excluding carboxylic acids is 1. The highest BCUT2D eigenvalue weighted by Gasteiger charge is 2.22. The first-order valence-corrected chi connectivity index (χ1v) is 6.82. The number of nitrogens with two attached hydrogens (primary N) is 1. The van der Waals surface area contributed by atoms with Crippen LogP contribution in [0.2, 0.25) is 0 Å². The highest BCUT2D eigenvalue weighted by atomic mass is 32.1. The second kappa shape index (κ2) is 5.53. The molecule has 0 aliphatic heterocycles. The van der Waals surface area contributed by atoms with Crippen LogP contribution in [0.25, 0.3) is 0 Å². The monoisotopic (exact) mass is 270 g/mol. The van der Waals surface area contributed by atoms with E-state index >= 15 is 0 Å². The molecule has 1 amide bonds. The molecular formula is C11H18N4O2S. The van der Waals surface area contributed by atoms with Crippen LogP contribution in [-0.2, 0) is 0 Å². The first-order chi connectivity index (χ1) is 8.61. The lowest BCUT2D eigenvalue weighted by Crippen LogP contribution is -2.29. The lowest BCUT2D eigenvalue weighted by Gasteiger charge is -2.25. The van der Waals surface area contributed by atoms with Crippen LogP contribution in [0.4, 0.5) is 10.9 Å². The molecule has 1 heterocycles. The van der Waals surface area contributed by atoms with Crippen LogP contribution in [-0.4, -0.2) is 47.1 Å². The molecule has 2 rings (SSSR count). The van der Waals surface area contributed by atoms with Gasteiger partial charge < -0.3 is 21.1 Å². The highest BCUT2D eigenvalue weighted by molar-refractivity contribution is 7.18. The Morgan fingerprint density at radius 3 is 2.94 bits per heavy atom. The number of likely N-dealkylation sites (N-methyl/N-ethyl adjacent to an activating group) is 1. The number of hydrogen-bond acceptors (Lipinski definition) is 6. The topological polar surface area (TPSA) is 91.5 Å². The maximum atomic E-state index is 12.0. The quantitative estimate of drug-likeness (QED) is 0.734. The first-order valence-electron chi connectivity index (χ1n) is 6.01. The van der Waals surface area contributed by atoms with Crippen molar-refractivity contribution < 1.29 is 9.90 Å². The van der Waals surface area contributed by atoms with Crippen molar-refractivity contribution in [3.05, 3.63) is 4.88 Å². The van der Waals surface area contributed by atoms with Gasteiger partial charge in [-0.15, -0.1) is 0 Å². The SMILES string of the molecule is CN(CCO)C(=O)c1sc(NC2CCC2)nc1N. The Kier molecular flexibility index (Phi) is 4.03. The molecule has 0 saturated heterocycles. The number of thiazole rings is 1. The van der Waals surface area contributed by atoms with E-state index in [1.807, 2.05) is 0 Å². The molecule has 7 heteroatoms. The largest absolute Gasteiger partial charge is 0.395 e. The fourth-order valence-electron chi connectivity index (χ4n) is 1.70. The summed E-state index contributed by atoms with van der Waals surface area (Å²) in [5.74, 6) is 0.0670. The molecule has 1 aromatic rings. The van der Waals surface area contributed by atoms with E-state index in [9.17, 15) is 4.79 Å². The normalized spacial score (nSPS) is 15.2. The molecule has 1 fully saturated rings. The van der Waals surface area contributed by atoms with Crippen molar-refractivity contribution >= 4 is 28.2 Å². The molecule has 0 atom stereocenters. The number of rotatable bonds is 5. The van der Waals surface area contributed by atoms with Crippen molar-refractivity contribution in [2.24, 2.45) is 0 Å².